The van der Waals surface area contributed by atoms with Crippen molar-refractivity contribution in [2.24, 2.45) is 5.73 Å². The summed E-state index contributed by atoms with van der Waals surface area (Å²) in [6, 6.07) is 0.172. The highest BCUT2D eigenvalue weighted by atomic mass is 16.5. The van der Waals surface area contributed by atoms with Gasteiger partial charge in [0.2, 0.25) is 0 Å². The molecule has 0 radical (unpaired) electrons. The molecule has 0 aliphatic carbocycles. The Morgan fingerprint density at radius 2 is 2.20 bits per heavy atom. The standard InChI is InChI=1S/C13H23N5O2/c1-8(2)18-11(15)10(13(19)20-3)12(16-18)17-6-4-5-9(14)7-17/h8-9H,4-7,14-15H2,1-3H3. The highest BCUT2D eigenvalue weighted by Gasteiger charge is 2.29. The van der Waals surface area contributed by atoms with E-state index in [1.165, 1.54) is 7.11 Å². The van der Waals surface area contributed by atoms with Gasteiger partial charge in [0.05, 0.1) is 7.11 Å². The molecule has 112 valence electrons. The van der Waals surface area contributed by atoms with Crippen molar-refractivity contribution in [1.82, 2.24) is 9.78 Å². The summed E-state index contributed by atoms with van der Waals surface area (Å²) in [5.41, 5.74) is 12.4. The molecule has 7 nitrogen and oxygen atoms in total. The van der Waals surface area contributed by atoms with E-state index in [9.17, 15) is 4.79 Å². The average molecular weight is 281 g/mol. The maximum Gasteiger partial charge on any atom is 0.345 e. The molecule has 7 heteroatoms. The van der Waals surface area contributed by atoms with Crippen molar-refractivity contribution in [2.45, 2.75) is 38.8 Å². The molecule has 0 bridgehead atoms. The molecule has 1 aromatic rings. The predicted octanol–water partition coefficient (Wildman–Crippen LogP) is 0.760. The molecule has 1 fully saturated rings. The molecular formula is C13H23N5O2. The third-order valence-electron chi connectivity index (χ3n) is 3.57. The van der Waals surface area contributed by atoms with Crippen LogP contribution < -0.4 is 16.4 Å². The van der Waals surface area contributed by atoms with Crippen LogP contribution in [0.15, 0.2) is 0 Å². The Labute approximate surface area is 118 Å². The Bertz CT molecular complexity index is 497. The number of aromatic nitrogens is 2. The van der Waals surface area contributed by atoms with Gasteiger partial charge in [-0.3, -0.25) is 0 Å². The van der Waals surface area contributed by atoms with E-state index in [-0.39, 0.29) is 12.1 Å². The van der Waals surface area contributed by atoms with E-state index in [0.29, 0.717) is 23.7 Å². The van der Waals surface area contributed by atoms with Crippen molar-refractivity contribution in [3.8, 4) is 0 Å². The molecule has 1 unspecified atom stereocenters. The minimum atomic E-state index is -0.455. The molecule has 1 aromatic heterocycles. The van der Waals surface area contributed by atoms with E-state index in [1.807, 2.05) is 18.7 Å². The summed E-state index contributed by atoms with van der Waals surface area (Å²) in [5, 5.41) is 4.50. The number of hydrogen-bond donors (Lipinski definition) is 2. The molecule has 20 heavy (non-hydrogen) atoms. The molecule has 0 aromatic carbocycles. The second-order valence-electron chi connectivity index (χ2n) is 5.46. The number of esters is 1. The first-order valence-electron chi connectivity index (χ1n) is 6.92. The molecule has 1 atom stereocenters. The van der Waals surface area contributed by atoms with Crippen molar-refractivity contribution >= 4 is 17.6 Å². The molecule has 1 aliphatic rings. The fourth-order valence-corrected chi connectivity index (χ4v) is 2.55. The van der Waals surface area contributed by atoms with E-state index in [2.05, 4.69) is 5.10 Å². The fourth-order valence-electron chi connectivity index (χ4n) is 2.55. The number of nitrogens with two attached hydrogens (primary N) is 2. The first kappa shape index (κ1) is 14.6. The third kappa shape index (κ3) is 2.58. The van der Waals surface area contributed by atoms with Gasteiger partial charge in [-0.05, 0) is 26.7 Å². The van der Waals surface area contributed by atoms with Gasteiger partial charge in [0, 0.05) is 25.2 Å². The number of nitrogen functional groups attached to an aromatic ring is 1. The second kappa shape index (κ2) is 5.70. The van der Waals surface area contributed by atoms with Crippen molar-refractivity contribution in [2.75, 3.05) is 30.8 Å². The van der Waals surface area contributed by atoms with Crippen LogP contribution in [0, 0.1) is 0 Å². The number of rotatable bonds is 3. The Morgan fingerprint density at radius 3 is 2.75 bits per heavy atom. The van der Waals surface area contributed by atoms with Crippen LogP contribution in [0.1, 0.15) is 43.1 Å². The summed E-state index contributed by atoms with van der Waals surface area (Å²) in [7, 11) is 1.35. The number of hydrogen-bond acceptors (Lipinski definition) is 6. The zero-order valence-corrected chi connectivity index (χ0v) is 12.3. The van der Waals surface area contributed by atoms with E-state index in [0.717, 1.165) is 19.4 Å². The monoisotopic (exact) mass is 281 g/mol. The first-order chi connectivity index (χ1) is 9.45. The van der Waals surface area contributed by atoms with Gasteiger partial charge >= 0.3 is 5.97 Å². The van der Waals surface area contributed by atoms with Crippen molar-refractivity contribution in [3.05, 3.63) is 5.56 Å². The molecule has 0 amide bonds. The molecule has 0 saturated carbocycles. The Hall–Kier alpha value is -1.76. The van der Waals surface area contributed by atoms with E-state index >= 15 is 0 Å². The Balaban J connectivity index is 2.44. The molecule has 1 saturated heterocycles. The molecule has 4 N–H and O–H groups in total. The zero-order chi connectivity index (χ0) is 14.9. The lowest BCUT2D eigenvalue weighted by atomic mass is 10.1. The van der Waals surface area contributed by atoms with Gasteiger partial charge in [0.1, 0.15) is 11.4 Å². The molecule has 2 rings (SSSR count). The van der Waals surface area contributed by atoms with Crippen LogP contribution in [0.3, 0.4) is 0 Å². The summed E-state index contributed by atoms with van der Waals surface area (Å²) in [6.07, 6.45) is 1.97. The number of anilines is 2. The van der Waals surface area contributed by atoms with Gasteiger partial charge < -0.3 is 21.1 Å². The summed E-state index contributed by atoms with van der Waals surface area (Å²) < 4.78 is 6.49. The van der Waals surface area contributed by atoms with Gasteiger partial charge in [0.25, 0.3) is 0 Å². The van der Waals surface area contributed by atoms with Gasteiger partial charge in [0.15, 0.2) is 5.82 Å². The highest BCUT2D eigenvalue weighted by molar-refractivity contribution is 5.99. The van der Waals surface area contributed by atoms with Crippen LogP contribution in [-0.4, -0.2) is 42.0 Å². The number of piperidine rings is 1. The van der Waals surface area contributed by atoms with E-state index in [1.54, 1.807) is 4.68 Å². The fraction of sp³-hybridized carbons (Fsp3) is 0.692. The normalized spacial score (nSPS) is 19.4. The topological polar surface area (TPSA) is 99.4 Å². The summed E-state index contributed by atoms with van der Waals surface area (Å²) in [5.74, 6) is 0.475. The molecule has 0 spiro atoms. The highest BCUT2D eigenvalue weighted by Crippen LogP contribution is 2.30. The number of carbonyl (C=O) groups excluding carboxylic acids is 1. The number of nitrogens with zero attached hydrogens (tertiary/aromatic N) is 3. The smallest absolute Gasteiger partial charge is 0.345 e. The Morgan fingerprint density at radius 1 is 1.50 bits per heavy atom. The van der Waals surface area contributed by atoms with Crippen molar-refractivity contribution < 1.29 is 9.53 Å². The van der Waals surface area contributed by atoms with Crippen molar-refractivity contribution in [1.29, 1.82) is 0 Å². The SMILES string of the molecule is COC(=O)c1c(N2CCCC(N)C2)nn(C(C)C)c1N. The van der Waals surface area contributed by atoms with Gasteiger partial charge in [-0.1, -0.05) is 0 Å². The van der Waals surface area contributed by atoms with Crippen LogP contribution in [0.5, 0.6) is 0 Å². The van der Waals surface area contributed by atoms with Crippen LogP contribution >= 0.6 is 0 Å². The van der Waals surface area contributed by atoms with Gasteiger partial charge in [-0.15, -0.1) is 0 Å². The molecule has 1 aliphatic heterocycles. The summed E-state index contributed by atoms with van der Waals surface area (Å²) in [6.45, 7) is 5.44. The van der Waals surface area contributed by atoms with Crippen molar-refractivity contribution in [3.63, 3.8) is 0 Å². The minimum absolute atomic E-state index is 0.0746. The maximum atomic E-state index is 12.0. The lowest BCUT2D eigenvalue weighted by molar-refractivity contribution is 0.0602. The Kier molecular flexibility index (Phi) is 4.17. The molecular weight excluding hydrogens is 258 g/mol. The predicted molar refractivity (Wildman–Crippen MR) is 77.8 cm³/mol. The van der Waals surface area contributed by atoms with Crippen LogP contribution in [0.2, 0.25) is 0 Å². The third-order valence-corrected chi connectivity index (χ3v) is 3.57. The van der Waals surface area contributed by atoms with E-state index in [4.69, 9.17) is 16.2 Å². The number of carbonyl (C=O) groups is 1. The van der Waals surface area contributed by atoms with Crippen LogP contribution in [-0.2, 0) is 4.74 Å². The van der Waals surface area contributed by atoms with E-state index < -0.39 is 5.97 Å². The second-order valence-corrected chi connectivity index (χ2v) is 5.46. The largest absolute Gasteiger partial charge is 0.465 e. The lowest BCUT2D eigenvalue weighted by Crippen LogP contribution is -2.43. The maximum absolute atomic E-state index is 12.0. The lowest BCUT2D eigenvalue weighted by Gasteiger charge is -2.31. The van der Waals surface area contributed by atoms with Crippen LogP contribution in [0.4, 0.5) is 11.6 Å². The average Bonchev–Trinajstić information content (AvgIpc) is 2.75. The quantitative estimate of drug-likeness (QED) is 0.794. The molecule has 2 heterocycles. The van der Waals surface area contributed by atoms with Crippen LogP contribution in [0.25, 0.3) is 0 Å². The summed E-state index contributed by atoms with van der Waals surface area (Å²) >= 11 is 0. The first-order valence-corrected chi connectivity index (χ1v) is 6.92. The zero-order valence-electron chi connectivity index (χ0n) is 12.3. The van der Waals surface area contributed by atoms with Gasteiger partial charge in [-0.25, -0.2) is 9.48 Å². The minimum Gasteiger partial charge on any atom is -0.465 e. The number of ether oxygens (including phenoxy) is 1. The van der Waals surface area contributed by atoms with Gasteiger partial charge in [-0.2, -0.15) is 5.10 Å². The number of methoxy groups -OCH3 is 1. The summed E-state index contributed by atoms with van der Waals surface area (Å²) in [4.78, 5) is 14.0.